The standard InChI is InChI=1S/C8H8O3S.C3H5NO/c1-2-7-5-3-4-6-8(7)12(9,10)11;1-2-3(4)5/h2-6H,1H2,(H,9,10,11);2H,1H2,(H2,4,5). The Hall–Kier alpha value is -1.92. The van der Waals surface area contributed by atoms with Crippen molar-refractivity contribution in [1.29, 1.82) is 0 Å². The molecule has 5 nitrogen and oxygen atoms in total. The van der Waals surface area contributed by atoms with Crippen molar-refractivity contribution >= 4 is 22.1 Å². The minimum Gasteiger partial charge on any atom is -0.366 e. The molecule has 1 amide bonds. The third-order valence-electron chi connectivity index (χ3n) is 1.62. The summed E-state index contributed by atoms with van der Waals surface area (Å²) in [6.07, 6.45) is 2.43. The number of carbonyl (C=O) groups excluding carboxylic acids is 1. The van der Waals surface area contributed by atoms with Crippen molar-refractivity contribution in [2.45, 2.75) is 4.90 Å². The zero-order chi connectivity index (χ0) is 13.5. The van der Waals surface area contributed by atoms with Crippen LogP contribution < -0.4 is 5.73 Å². The Kier molecular flexibility index (Phi) is 5.87. The molecule has 0 heterocycles. The fraction of sp³-hybridized carbons (Fsp3) is 0. The number of primary amides is 1. The zero-order valence-corrected chi connectivity index (χ0v) is 9.85. The van der Waals surface area contributed by atoms with Gasteiger partial charge in [-0.1, -0.05) is 37.4 Å². The molecular weight excluding hydrogens is 242 g/mol. The van der Waals surface area contributed by atoms with Gasteiger partial charge in [-0.25, -0.2) is 0 Å². The molecular formula is C11H13NO4S. The summed E-state index contributed by atoms with van der Waals surface area (Å²) in [4.78, 5) is 9.36. The number of nitrogens with two attached hydrogens (primary N) is 1. The highest BCUT2D eigenvalue weighted by Crippen LogP contribution is 2.15. The molecule has 0 atom stereocenters. The van der Waals surface area contributed by atoms with Gasteiger partial charge in [0.15, 0.2) is 0 Å². The van der Waals surface area contributed by atoms with Gasteiger partial charge in [-0.05, 0) is 17.7 Å². The summed E-state index contributed by atoms with van der Waals surface area (Å²) in [6, 6.07) is 6.10. The van der Waals surface area contributed by atoms with E-state index in [4.69, 9.17) is 4.55 Å². The second-order valence-corrected chi connectivity index (χ2v) is 4.21. The Labute approximate surface area is 100 Å². The lowest BCUT2D eigenvalue weighted by atomic mass is 10.2. The van der Waals surface area contributed by atoms with Crippen LogP contribution in [0.3, 0.4) is 0 Å². The maximum Gasteiger partial charge on any atom is 0.295 e. The highest BCUT2D eigenvalue weighted by molar-refractivity contribution is 7.85. The molecule has 0 saturated heterocycles. The van der Waals surface area contributed by atoms with E-state index in [0.29, 0.717) is 5.56 Å². The number of carbonyl (C=O) groups is 1. The van der Waals surface area contributed by atoms with E-state index in [9.17, 15) is 13.2 Å². The van der Waals surface area contributed by atoms with Crippen LogP contribution in [0.4, 0.5) is 0 Å². The first-order valence-corrected chi connectivity index (χ1v) is 5.87. The summed E-state index contributed by atoms with van der Waals surface area (Å²) in [6.45, 7) is 6.52. The van der Waals surface area contributed by atoms with Crippen molar-refractivity contribution in [2.24, 2.45) is 5.73 Å². The fourth-order valence-corrected chi connectivity index (χ4v) is 1.58. The van der Waals surface area contributed by atoms with Crippen LogP contribution in [0.25, 0.3) is 6.08 Å². The topological polar surface area (TPSA) is 97.5 Å². The van der Waals surface area contributed by atoms with Gasteiger partial charge in [0.1, 0.15) is 4.90 Å². The van der Waals surface area contributed by atoms with E-state index in [2.05, 4.69) is 18.9 Å². The first kappa shape index (κ1) is 15.1. The SMILES string of the molecule is C=CC(N)=O.C=Cc1ccccc1S(=O)(=O)O. The maximum atomic E-state index is 10.7. The van der Waals surface area contributed by atoms with Crippen LogP contribution in [0.1, 0.15) is 5.56 Å². The Morgan fingerprint density at radius 1 is 1.29 bits per heavy atom. The van der Waals surface area contributed by atoms with E-state index in [0.717, 1.165) is 6.08 Å². The summed E-state index contributed by atoms with van der Waals surface area (Å²) in [7, 11) is -4.12. The molecule has 0 bridgehead atoms. The summed E-state index contributed by atoms with van der Waals surface area (Å²) >= 11 is 0. The molecule has 17 heavy (non-hydrogen) atoms. The third kappa shape index (κ3) is 5.64. The van der Waals surface area contributed by atoms with Gasteiger partial charge in [-0.15, -0.1) is 0 Å². The van der Waals surface area contributed by atoms with Crippen LogP contribution in [-0.2, 0) is 14.9 Å². The van der Waals surface area contributed by atoms with Gasteiger partial charge in [0.2, 0.25) is 5.91 Å². The smallest absolute Gasteiger partial charge is 0.295 e. The number of hydrogen-bond acceptors (Lipinski definition) is 3. The first-order chi connectivity index (χ1) is 7.82. The van der Waals surface area contributed by atoms with Gasteiger partial charge >= 0.3 is 0 Å². The second kappa shape index (κ2) is 6.62. The minimum absolute atomic E-state index is 0.111. The Balaban J connectivity index is 0.000000437. The Morgan fingerprint density at radius 3 is 2.06 bits per heavy atom. The molecule has 0 saturated carbocycles. The van der Waals surface area contributed by atoms with E-state index in [1.165, 1.54) is 18.2 Å². The largest absolute Gasteiger partial charge is 0.366 e. The predicted molar refractivity (Wildman–Crippen MR) is 65.7 cm³/mol. The Morgan fingerprint density at radius 2 is 1.76 bits per heavy atom. The number of hydrogen-bond donors (Lipinski definition) is 2. The predicted octanol–water partition coefficient (Wildman–Crippen LogP) is 1.23. The summed E-state index contributed by atoms with van der Waals surface area (Å²) < 4.78 is 30.2. The van der Waals surface area contributed by atoms with E-state index >= 15 is 0 Å². The van der Waals surface area contributed by atoms with Crippen molar-refractivity contribution in [3.05, 3.63) is 49.1 Å². The molecule has 6 heteroatoms. The molecule has 0 fully saturated rings. The highest BCUT2D eigenvalue weighted by Gasteiger charge is 2.11. The van der Waals surface area contributed by atoms with Crippen molar-refractivity contribution in [3.63, 3.8) is 0 Å². The molecule has 0 aliphatic carbocycles. The third-order valence-corrected chi connectivity index (χ3v) is 2.55. The quantitative estimate of drug-likeness (QED) is 0.627. The molecule has 0 unspecified atom stereocenters. The molecule has 1 rings (SSSR count). The fourth-order valence-electron chi connectivity index (χ4n) is 0.884. The van der Waals surface area contributed by atoms with E-state index in [-0.39, 0.29) is 4.90 Å². The lowest BCUT2D eigenvalue weighted by molar-refractivity contribution is -0.113. The molecule has 3 N–H and O–H groups in total. The molecule has 0 aromatic heterocycles. The van der Waals surface area contributed by atoms with Gasteiger partial charge in [-0.2, -0.15) is 8.42 Å². The van der Waals surface area contributed by atoms with Crippen molar-refractivity contribution < 1.29 is 17.8 Å². The monoisotopic (exact) mass is 255 g/mol. The van der Waals surface area contributed by atoms with Gasteiger partial charge < -0.3 is 5.73 Å². The summed E-state index contributed by atoms with van der Waals surface area (Å²) in [5, 5.41) is 0. The van der Waals surface area contributed by atoms with Crippen LogP contribution >= 0.6 is 0 Å². The Bertz CT molecular complexity index is 520. The zero-order valence-electron chi connectivity index (χ0n) is 9.04. The molecule has 1 aromatic rings. The first-order valence-electron chi connectivity index (χ1n) is 4.43. The summed E-state index contributed by atoms with van der Waals surface area (Å²) in [5.41, 5.74) is 4.94. The number of amides is 1. The molecule has 92 valence electrons. The van der Waals surface area contributed by atoms with E-state index in [1.807, 2.05) is 0 Å². The average Bonchev–Trinajstić information content (AvgIpc) is 2.28. The minimum atomic E-state index is -4.12. The van der Waals surface area contributed by atoms with Crippen LogP contribution in [0, 0.1) is 0 Å². The average molecular weight is 255 g/mol. The van der Waals surface area contributed by atoms with Gasteiger partial charge in [-0.3, -0.25) is 9.35 Å². The van der Waals surface area contributed by atoms with Crippen molar-refractivity contribution in [2.75, 3.05) is 0 Å². The molecule has 0 spiro atoms. The van der Waals surface area contributed by atoms with E-state index < -0.39 is 16.0 Å². The second-order valence-electron chi connectivity index (χ2n) is 2.82. The van der Waals surface area contributed by atoms with Gasteiger partial charge in [0, 0.05) is 0 Å². The summed E-state index contributed by atoms with van der Waals surface area (Å²) in [5.74, 6) is -0.481. The van der Waals surface area contributed by atoms with Crippen LogP contribution in [0.2, 0.25) is 0 Å². The normalized spacial score (nSPS) is 9.71. The number of benzene rings is 1. The highest BCUT2D eigenvalue weighted by atomic mass is 32.2. The molecule has 0 radical (unpaired) electrons. The van der Waals surface area contributed by atoms with Crippen molar-refractivity contribution in [3.8, 4) is 0 Å². The van der Waals surface area contributed by atoms with Gasteiger partial charge in [0.05, 0.1) is 0 Å². The van der Waals surface area contributed by atoms with Gasteiger partial charge in [0.25, 0.3) is 10.1 Å². The van der Waals surface area contributed by atoms with Crippen LogP contribution in [0.5, 0.6) is 0 Å². The lowest BCUT2D eigenvalue weighted by Crippen LogP contribution is -2.04. The maximum absolute atomic E-state index is 10.7. The molecule has 0 aliphatic rings. The van der Waals surface area contributed by atoms with Crippen LogP contribution in [-0.4, -0.2) is 18.9 Å². The van der Waals surface area contributed by atoms with Crippen LogP contribution in [0.15, 0.2) is 48.4 Å². The molecule has 1 aromatic carbocycles. The number of rotatable bonds is 3. The molecule has 0 aliphatic heterocycles. The lowest BCUT2D eigenvalue weighted by Gasteiger charge is -2.00. The van der Waals surface area contributed by atoms with Crippen molar-refractivity contribution in [1.82, 2.24) is 0 Å². The van der Waals surface area contributed by atoms with E-state index in [1.54, 1.807) is 12.1 Å².